The Morgan fingerprint density at radius 1 is 1.03 bits per heavy atom. The molecule has 0 unspecified atom stereocenters. The molecule has 174 valence electrons. The highest BCUT2D eigenvalue weighted by molar-refractivity contribution is 7.90. The second kappa shape index (κ2) is 10.8. The Hall–Kier alpha value is -2.29. The molecule has 6 nitrogen and oxygen atoms in total. The average Bonchev–Trinajstić information content (AvgIpc) is 3.23. The zero-order valence-electron chi connectivity index (χ0n) is 17.4. The molecule has 10 heteroatoms. The number of fused-ring (bicyclic) bond motifs is 1. The molecule has 0 aromatic heterocycles. The average molecular weight is 527 g/mol. The summed E-state index contributed by atoms with van der Waals surface area (Å²) in [5, 5.41) is 8.36. The lowest BCUT2D eigenvalue weighted by molar-refractivity contribution is -0.561. The van der Waals surface area contributed by atoms with Gasteiger partial charge in [-0.05, 0) is 53.6 Å². The number of anilines is 1. The number of hydrogen-bond donors (Lipinski definition) is 3. The van der Waals surface area contributed by atoms with Crippen molar-refractivity contribution in [2.24, 2.45) is 0 Å². The molecule has 1 aliphatic heterocycles. The number of urea groups is 1. The first-order chi connectivity index (χ1) is 15.3. The highest BCUT2D eigenvalue weighted by Gasteiger charge is 2.19. The van der Waals surface area contributed by atoms with E-state index in [9.17, 15) is 13.2 Å². The van der Waals surface area contributed by atoms with E-state index in [2.05, 4.69) is 16.0 Å². The molecule has 1 heterocycles. The second-order valence-corrected chi connectivity index (χ2v) is 10.4. The molecular weight excluding hydrogens is 505 g/mol. The number of amides is 2. The maximum atomic E-state index is 12.8. The van der Waals surface area contributed by atoms with Crippen LogP contribution in [0.4, 0.5) is 16.2 Å². The fraction of sp³-hybridized carbons (Fsp3) is 0.174. The third kappa shape index (κ3) is 6.19. The van der Waals surface area contributed by atoms with Gasteiger partial charge in [0.15, 0.2) is 9.84 Å². The molecule has 2 amide bonds. The van der Waals surface area contributed by atoms with Crippen LogP contribution in [0.5, 0.6) is 0 Å². The van der Waals surface area contributed by atoms with E-state index in [1.807, 2.05) is 18.2 Å². The summed E-state index contributed by atoms with van der Waals surface area (Å²) in [6.45, 7) is 1.20. The van der Waals surface area contributed by atoms with Crippen LogP contribution in [-0.4, -0.2) is 21.0 Å². The number of carbonyl (C=O) groups is 1. The zero-order valence-corrected chi connectivity index (χ0v) is 20.5. The Morgan fingerprint density at radius 3 is 2.55 bits per heavy atom. The molecule has 0 radical (unpaired) electrons. The minimum absolute atomic E-state index is 0. The minimum atomic E-state index is -3.50. The Labute approximate surface area is 209 Å². The normalized spacial score (nSPS) is 12.5. The fourth-order valence-electron chi connectivity index (χ4n) is 3.63. The molecule has 0 bridgehead atoms. The van der Waals surface area contributed by atoms with E-state index in [-0.39, 0.29) is 29.6 Å². The van der Waals surface area contributed by atoms with Gasteiger partial charge in [-0.25, -0.2) is 13.2 Å². The van der Waals surface area contributed by atoms with Crippen molar-refractivity contribution in [3.05, 3.63) is 87.4 Å². The predicted molar refractivity (Wildman–Crippen MR) is 126 cm³/mol. The molecule has 0 spiro atoms. The van der Waals surface area contributed by atoms with E-state index in [1.54, 1.807) is 30.3 Å². The number of halogens is 3. The van der Waals surface area contributed by atoms with Crippen LogP contribution in [0, 0.1) is 0 Å². The van der Waals surface area contributed by atoms with Crippen molar-refractivity contribution in [2.45, 2.75) is 23.6 Å². The third-order valence-corrected chi connectivity index (χ3v) is 7.85. The van der Waals surface area contributed by atoms with Crippen molar-refractivity contribution < 1.29 is 30.9 Å². The molecule has 4 N–H and O–H groups in total. The molecule has 1 aliphatic rings. The summed E-state index contributed by atoms with van der Waals surface area (Å²) in [6, 6.07) is 16.7. The number of nitrogens with one attached hydrogen (secondary N) is 2. The Balaban J connectivity index is 0.00000306. The lowest BCUT2D eigenvalue weighted by Crippen LogP contribution is -3.00. The van der Waals surface area contributed by atoms with Gasteiger partial charge in [-0.15, -0.1) is 0 Å². The predicted octanol–water partition coefficient (Wildman–Crippen LogP) is 1.04. The van der Waals surface area contributed by atoms with E-state index >= 15 is 0 Å². The molecule has 0 atom stereocenters. The van der Waals surface area contributed by atoms with Crippen LogP contribution in [-0.2, 0) is 28.6 Å². The van der Waals surface area contributed by atoms with Crippen molar-refractivity contribution in [1.29, 1.82) is 0 Å². The van der Waals surface area contributed by atoms with E-state index in [4.69, 9.17) is 23.2 Å². The number of sulfone groups is 1. The maximum Gasteiger partial charge on any atom is 0.319 e. The lowest BCUT2D eigenvalue weighted by atomic mass is 10.1. The van der Waals surface area contributed by atoms with Gasteiger partial charge in [-0.2, -0.15) is 0 Å². The number of hydrogen-bond acceptors (Lipinski definition) is 3. The van der Waals surface area contributed by atoms with Gasteiger partial charge >= 0.3 is 6.03 Å². The number of rotatable bonds is 6. The maximum absolute atomic E-state index is 12.8. The monoisotopic (exact) mass is 525 g/mol. The summed E-state index contributed by atoms with van der Waals surface area (Å²) in [5.74, 6) is -0.0616. The minimum Gasteiger partial charge on any atom is -1.00 e. The van der Waals surface area contributed by atoms with E-state index in [0.29, 0.717) is 21.3 Å². The van der Waals surface area contributed by atoms with Gasteiger partial charge < -0.3 is 28.4 Å². The van der Waals surface area contributed by atoms with E-state index in [1.165, 1.54) is 23.4 Å². The highest BCUT2D eigenvalue weighted by atomic mass is 35.5. The van der Waals surface area contributed by atoms with Crippen molar-refractivity contribution in [2.75, 3.05) is 11.9 Å². The van der Waals surface area contributed by atoms with Gasteiger partial charge in [0, 0.05) is 24.2 Å². The van der Waals surface area contributed by atoms with Gasteiger partial charge in [-0.3, -0.25) is 0 Å². The molecular formula is C23H22Cl3N3O3S. The number of carbonyl (C=O) groups excluding carboxylic acids is 1. The molecule has 3 aromatic carbocycles. The molecule has 0 saturated carbocycles. The smallest absolute Gasteiger partial charge is 0.319 e. The Bertz CT molecular complexity index is 1270. The molecule has 0 fully saturated rings. The highest BCUT2D eigenvalue weighted by Crippen LogP contribution is 2.25. The first kappa shape index (κ1) is 25.3. The van der Waals surface area contributed by atoms with Crippen molar-refractivity contribution >= 4 is 50.4 Å². The van der Waals surface area contributed by atoms with Crippen molar-refractivity contribution in [1.82, 2.24) is 5.32 Å². The van der Waals surface area contributed by atoms with Crippen LogP contribution in [0.2, 0.25) is 10.0 Å². The summed E-state index contributed by atoms with van der Waals surface area (Å²) >= 11 is 12.1. The largest absolute Gasteiger partial charge is 1.00 e. The lowest BCUT2D eigenvalue weighted by Gasteiger charge is -2.10. The van der Waals surface area contributed by atoms with Crippen LogP contribution < -0.4 is 28.4 Å². The van der Waals surface area contributed by atoms with Crippen molar-refractivity contribution in [3.8, 4) is 0 Å². The van der Waals surface area contributed by atoms with Gasteiger partial charge in [0.05, 0.1) is 27.2 Å². The zero-order chi connectivity index (χ0) is 22.7. The van der Waals surface area contributed by atoms with Gasteiger partial charge in [0.1, 0.15) is 5.69 Å². The first-order valence-corrected chi connectivity index (χ1v) is 12.5. The first-order valence-electron chi connectivity index (χ1n) is 10.1. The van der Waals surface area contributed by atoms with Crippen LogP contribution in [0.15, 0.2) is 65.6 Å². The molecule has 0 saturated heterocycles. The number of benzene rings is 3. The van der Waals surface area contributed by atoms with Gasteiger partial charge in [0.25, 0.3) is 0 Å². The Morgan fingerprint density at radius 2 is 1.79 bits per heavy atom. The summed E-state index contributed by atoms with van der Waals surface area (Å²) in [6.07, 6.45) is 0.954. The van der Waals surface area contributed by atoms with Crippen LogP contribution in [0.3, 0.4) is 0 Å². The summed E-state index contributed by atoms with van der Waals surface area (Å²) in [4.78, 5) is 12.4. The number of quaternary nitrogens is 1. The summed E-state index contributed by atoms with van der Waals surface area (Å²) in [7, 11) is -3.50. The topological polar surface area (TPSA) is 91.9 Å². The van der Waals surface area contributed by atoms with Gasteiger partial charge in [-0.1, -0.05) is 41.4 Å². The molecule has 0 aliphatic carbocycles. The molecule has 3 aromatic rings. The Kier molecular flexibility index (Phi) is 8.26. The summed E-state index contributed by atoms with van der Waals surface area (Å²) in [5.41, 5.74) is 4.34. The quantitative estimate of drug-likeness (QED) is 0.419. The van der Waals surface area contributed by atoms with Gasteiger partial charge in [0.2, 0.25) is 0 Å². The van der Waals surface area contributed by atoms with E-state index in [0.717, 1.165) is 18.5 Å². The fourth-order valence-corrected chi connectivity index (χ4v) is 5.35. The third-order valence-electron chi connectivity index (χ3n) is 5.28. The molecule has 4 rings (SSSR count). The SMILES string of the molecule is O=C(NCc1cccc(Cl)c1Cl)Nc1ccc(S(=O)(=O)Cc2ccc3c(c2)CC[NH2+]3)cc1.[Cl-]. The van der Waals surface area contributed by atoms with Crippen molar-refractivity contribution in [3.63, 3.8) is 0 Å². The van der Waals surface area contributed by atoms with Crippen LogP contribution >= 0.6 is 23.2 Å². The van der Waals surface area contributed by atoms with Crippen LogP contribution in [0.25, 0.3) is 0 Å². The second-order valence-electron chi connectivity index (χ2n) is 7.58. The molecule has 33 heavy (non-hydrogen) atoms. The standard InChI is InChI=1S/C23H21Cl2N3O3S.ClH/c24-20-3-1-2-17(22(20)25)13-27-23(29)28-18-5-7-19(8-6-18)32(30,31)14-15-4-9-21-16(12-15)10-11-26-21;/h1-9,12,26H,10-11,13-14H2,(H2,27,28,29);1H. The summed E-state index contributed by atoms with van der Waals surface area (Å²) < 4.78 is 25.6. The van der Waals surface area contributed by atoms with Crippen LogP contribution in [0.1, 0.15) is 16.7 Å². The number of nitrogens with two attached hydrogens (primary N) is 1. The van der Waals surface area contributed by atoms with E-state index < -0.39 is 15.9 Å².